The van der Waals surface area contributed by atoms with Gasteiger partial charge < -0.3 is 20.3 Å². The van der Waals surface area contributed by atoms with Gasteiger partial charge in [0.2, 0.25) is 5.88 Å². The first-order chi connectivity index (χ1) is 11.8. The number of rotatable bonds is 5. The summed E-state index contributed by atoms with van der Waals surface area (Å²) < 4.78 is 11.7. The zero-order valence-electron chi connectivity index (χ0n) is 14.7. The molecule has 25 heavy (non-hydrogen) atoms. The van der Waals surface area contributed by atoms with Crippen LogP contribution in [0.1, 0.15) is 49.4 Å². The summed E-state index contributed by atoms with van der Waals surface area (Å²) in [5.74, 6) is -0.506. The van der Waals surface area contributed by atoms with Crippen molar-refractivity contribution in [2.24, 2.45) is 0 Å². The average molecular weight is 347 g/mol. The molecule has 0 amide bonds. The number of nitrogens with zero attached hydrogens (tertiary/aromatic N) is 4. The van der Waals surface area contributed by atoms with Gasteiger partial charge in [0.15, 0.2) is 11.3 Å². The number of ether oxygens (including phenoxy) is 2. The van der Waals surface area contributed by atoms with Crippen molar-refractivity contribution < 1.29 is 19.4 Å². The Bertz CT molecular complexity index is 845. The number of nitrogens with two attached hydrogens (primary N) is 1. The van der Waals surface area contributed by atoms with Crippen molar-refractivity contribution in [3.05, 3.63) is 17.0 Å². The lowest BCUT2D eigenvalue weighted by atomic mass is 9.92. The summed E-state index contributed by atoms with van der Waals surface area (Å²) in [6.07, 6.45) is 0. The molecule has 2 aromatic heterocycles. The Kier molecular flexibility index (Phi) is 5.13. The zero-order valence-corrected chi connectivity index (χ0v) is 14.7. The van der Waals surface area contributed by atoms with Crippen LogP contribution in [0.3, 0.4) is 0 Å². The van der Waals surface area contributed by atoms with Crippen molar-refractivity contribution in [3.8, 4) is 11.9 Å². The van der Waals surface area contributed by atoms with Crippen molar-refractivity contribution in [3.63, 3.8) is 0 Å². The van der Waals surface area contributed by atoms with Crippen LogP contribution in [0.25, 0.3) is 5.65 Å². The van der Waals surface area contributed by atoms with Gasteiger partial charge in [-0.2, -0.15) is 15.3 Å². The average Bonchev–Trinajstić information content (AvgIpc) is 2.81. The van der Waals surface area contributed by atoms with Crippen LogP contribution in [-0.2, 0) is 10.2 Å². The number of aliphatic hydroxyl groups is 1. The van der Waals surface area contributed by atoms with E-state index < -0.39 is 11.4 Å². The molecule has 0 aliphatic rings. The molecule has 2 heterocycles. The Labute approximate surface area is 145 Å². The van der Waals surface area contributed by atoms with Crippen LogP contribution in [0.2, 0.25) is 0 Å². The molecule has 134 valence electrons. The van der Waals surface area contributed by atoms with E-state index in [1.165, 1.54) is 4.52 Å². The standard InChI is InChI=1S/C16H21N5O4/c1-5-24-15(23)11-10(18)9(8-17)13-19-14(25-7-6-22)12(16(2,3)4)20-21(11)13/h22H,5-7,18H2,1-4H3. The lowest BCUT2D eigenvalue weighted by molar-refractivity contribution is 0.0518. The van der Waals surface area contributed by atoms with Crippen LogP contribution in [0.5, 0.6) is 5.88 Å². The Morgan fingerprint density at radius 1 is 1.44 bits per heavy atom. The molecule has 0 radical (unpaired) electrons. The highest BCUT2D eigenvalue weighted by Gasteiger charge is 2.30. The van der Waals surface area contributed by atoms with Crippen molar-refractivity contribution in [2.75, 3.05) is 25.6 Å². The van der Waals surface area contributed by atoms with E-state index in [1.54, 1.807) is 6.92 Å². The maximum atomic E-state index is 12.3. The first-order valence-corrected chi connectivity index (χ1v) is 7.79. The molecule has 0 aromatic carbocycles. The molecule has 9 nitrogen and oxygen atoms in total. The second-order valence-electron chi connectivity index (χ2n) is 6.29. The third-order valence-electron chi connectivity index (χ3n) is 3.39. The maximum Gasteiger partial charge on any atom is 0.359 e. The quantitative estimate of drug-likeness (QED) is 0.765. The molecule has 0 aliphatic heterocycles. The summed E-state index contributed by atoms with van der Waals surface area (Å²) in [6, 6.07) is 1.94. The zero-order chi connectivity index (χ0) is 18.8. The lowest BCUT2D eigenvalue weighted by Crippen LogP contribution is -2.21. The van der Waals surface area contributed by atoms with E-state index in [2.05, 4.69) is 10.1 Å². The van der Waals surface area contributed by atoms with Gasteiger partial charge in [0.05, 0.1) is 18.9 Å². The summed E-state index contributed by atoms with van der Waals surface area (Å²) in [5.41, 5.74) is 5.99. The predicted octanol–water partition coefficient (Wildman–Crippen LogP) is 1.03. The number of nitrogen functional groups attached to an aromatic ring is 1. The second kappa shape index (κ2) is 6.94. The molecule has 0 spiro atoms. The van der Waals surface area contributed by atoms with Crippen molar-refractivity contribution in [1.29, 1.82) is 5.26 Å². The number of nitriles is 1. The van der Waals surface area contributed by atoms with E-state index in [0.29, 0.717) is 5.69 Å². The van der Waals surface area contributed by atoms with Crippen molar-refractivity contribution in [2.45, 2.75) is 33.1 Å². The number of fused-ring (bicyclic) bond motifs is 1. The minimum Gasteiger partial charge on any atom is -0.474 e. The largest absolute Gasteiger partial charge is 0.474 e. The van der Waals surface area contributed by atoms with E-state index in [9.17, 15) is 10.1 Å². The first-order valence-electron chi connectivity index (χ1n) is 7.79. The van der Waals surface area contributed by atoms with Gasteiger partial charge in [0.1, 0.15) is 23.9 Å². The highest BCUT2D eigenvalue weighted by Crippen LogP contribution is 2.32. The maximum absolute atomic E-state index is 12.3. The van der Waals surface area contributed by atoms with Gasteiger partial charge in [0.25, 0.3) is 0 Å². The van der Waals surface area contributed by atoms with E-state index in [1.807, 2.05) is 26.8 Å². The Morgan fingerprint density at radius 3 is 2.64 bits per heavy atom. The molecule has 0 aliphatic carbocycles. The number of hydrogen-bond acceptors (Lipinski definition) is 8. The predicted molar refractivity (Wildman–Crippen MR) is 89.4 cm³/mol. The summed E-state index contributed by atoms with van der Waals surface area (Å²) in [4.78, 5) is 16.6. The molecule has 0 atom stereocenters. The van der Waals surface area contributed by atoms with Crippen LogP contribution in [0.15, 0.2) is 0 Å². The van der Waals surface area contributed by atoms with Crippen molar-refractivity contribution in [1.82, 2.24) is 14.6 Å². The Morgan fingerprint density at radius 2 is 2.12 bits per heavy atom. The number of aromatic nitrogens is 3. The van der Waals surface area contributed by atoms with Gasteiger partial charge in [-0.15, -0.1) is 0 Å². The summed E-state index contributed by atoms with van der Waals surface area (Å²) >= 11 is 0. The van der Waals surface area contributed by atoms with Crippen LogP contribution >= 0.6 is 0 Å². The third-order valence-corrected chi connectivity index (χ3v) is 3.39. The highest BCUT2D eigenvalue weighted by molar-refractivity contribution is 5.97. The minimum atomic E-state index is -0.685. The fourth-order valence-corrected chi connectivity index (χ4v) is 2.28. The van der Waals surface area contributed by atoms with Crippen LogP contribution in [0.4, 0.5) is 5.69 Å². The first kappa shape index (κ1) is 18.5. The Hall–Kier alpha value is -2.86. The highest BCUT2D eigenvalue weighted by atomic mass is 16.5. The van der Waals surface area contributed by atoms with Crippen LogP contribution < -0.4 is 10.5 Å². The summed E-state index contributed by atoms with van der Waals surface area (Å²) in [7, 11) is 0. The van der Waals surface area contributed by atoms with Gasteiger partial charge in [0, 0.05) is 5.41 Å². The number of esters is 1. The van der Waals surface area contributed by atoms with E-state index in [-0.39, 0.29) is 48.3 Å². The SMILES string of the molecule is CCOC(=O)c1c(N)c(C#N)c2nc(OCCO)c(C(C)(C)C)nn12. The number of aliphatic hydroxyl groups excluding tert-OH is 1. The monoisotopic (exact) mass is 347 g/mol. The van der Waals surface area contributed by atoms with E-state index >= 15 is 0 Å². The van der Waals surface area contributed by atoms with Crippen LogP contribution in [0, 0.1) is 11.3 Å². The molecule has 0 bridgehead atoms. The normalized spacial score (nSPS) is 11.4. The molecular weight excluding hydrogens is 326 g/mol. The number of carbonyl (C=O) groups is 1. The molecule has 0 fully saturated rings. The molecule has 0 unspecified atom stereocenters. The van der Waals surface area contributed by atoms with Crippen LogP contribution in [-0.4, -0.2) is 45.5 Å². The number of carbonyl (C=O) groups excluding carboxylic acids is 1. The number of hydrogen-bond donors (Lipinski definition) is 2. The van der Waals surface area contributed by atoms with Gasteiger partial charge in [-0.1, -0.05) is 20.8 Å². The topological polar surface area (TPSA) is 136 Å². The molecule has 9 heteroatoms. The molecular formula is C16H21N5O4. The van der Waals surface area contributed by atoms with Crippen molar-refractivity contribution >= 4 is 17.3 Å². The van der Waals surface area contributed by atoms with Gasteiger partial charge in [-0.3, -0.25) is 0 Å². The molecule has 0 saturated heterocycles. The summed E-state index contributed by atoms with van der Waals surface area (Å²) in [6.45, 7) is 7.35. The summed E-state index contributed by atoms with van der Waals surface area (Å²) in [5, 5.41) is 22.8. The van der Waals surface area contributed by atoms with Gasteiger partial charge >= 0.3 is 5.97 Å². The van der Waals surface area contributed by atoms with Gasteiger partial charge in [-0.05, 0) is 6.92 Å². The lowest BCUT2D eigenvalue weighted by Gasteiger charge is -2.20. The Balaban J connectivity index is 2.83. The fourth-order valence-electron chi connectivity index (χ4n) is 2.28. The smallest absolute Gasteiger partial charge is 0.359 e. The number of anilines is 1. The van der Waals surface area contributed by atoms with E-state index in [4.69, 9.17) is 20.3 Å². The fraction of sp³-hybridized carbons (Fsp3) is 0.500. The van der Waals surface area contributed by atoms with E-state index in [0.717, 1.165) is 0 Å². The van der Waals surface area contributed by atoms with Gasteiger partial charge in [-0.25, -0.2) is 9.31 Å². The second-order valence-corrected chi connectivity index (χ2v) is 6.29. The molecule has 3 N–H and O–H groups in total. The molecule has 0 saturated carbocycles. The molecule has 2 aromatic rings. The third kappa shape index (κ3) is 3.34. The minimum absolute atomic E-state index is 0.0184. The molecule has 2 rings (SSSR count).